The van der Waals surface area contributed by atoms with Gasteiger partial charge >= 0.3 is 11.9 Å². The molecule has 0 rings (SSSR count). The van der Waals surface area contributed by atoms with Crippen LogP contribution in [0.15, 0.2) is 12.3 Å². The molecule has 0 radical (unpaired) electrons. The molecule has 0 fully saturated rings. The molecule has 182 valence electrons. The van der Waals surface area contributed by atoms with Crippen molar-refractivity contribution in [1.82, 2.24) is 0 Å². The molecule has 1 atom stereocenters. The number of unbranched alkanes of at least 4 members (excludes halogenated alkanes) is 9. The van der Waals surface area contributed by atoms with Crippen molar-refractivity contribution in [3.63, 3.8) is 0 Å². The summed E-state index contributed by atoms with van der Waals surface area (Å²) < 4.78 is 16.4. The fraction of sp³-hybridized carbons (Fsp3) is 0.846. The van der Waals surface area contributed by atoms with Crippen molar-refractivity contribution in [2.24, 2.45) is 5.92 Å². The first kappa shape index (κ1) is 29.5. The number of hydrogen-bond acceptors (Lipinski definition) is 5. The molecule has 5 heteroatoms. The van der Waals surface area contributed by atoms with E-state index in [9.17, 15) is 9.59 Å². The summed E-state index contributed by atoms with van der Waals surface area (Å²) >= 11 is 0. The highest BCUT2D eigenvalue weighted by Crippen LogP contribution is 2.15. The van der Waals surface area contributed by atoms with E-state index in [4.69, 9.17) is 14.2 Å². The highest BCUT2D eigenvalue weighted by atomic mass is 16.5. The molecule has 0 saturated heterocycles. The molecule has 0 bridgehead atoms. The Kier molecular flexibility index (Phi) is 20.6. The van der Waals surface area contributed by atoms with E-state index in [0.717, 1.165) is 37.9 Å². The molecule has 0 aromatic rings. The third-order valence-corrected chi connectivity index (χ3v) is 5.22. The summed E-state index contributed by atoms with van der Waals surface area (Å²) in [6, 6.07) is 0. The summed E-state index contributed by atoms with van der Waals surface area (Å²) in [6.45, 7) is 11.3. The summed E-state index contributed by atoms with van der Waals surface area (Å²) in [7, 11) is 0. The predicted octanol–water partition coefficient (Wildman–Crippen LogP) is 7.13. The highest BCUT2D eigenvalue weighted by Gasteiger charge is 2.18. The molecule has 0 spiro atoms. The van der Waals surface area contributed by atoms with Crippen LogP contribution in [0.1, 0.15) is 117 Å². The van der Waals surface area contributed by atoms with Gasteiger partial charge in [0.05, 0.1) is 32.0 Å². The van der Waals surface area contributed by atoms with Crippen LogP contribution in [0.25, 0.3) is 0 Å². The zero-order chi connectivity index (χ0) is 23.2. The van der Waals surface area contributed by atoms with Gasteiger partial charge in [-0.1, -0.05) is 85.1 Å². The average Bonchev–Trinajstić information content (AvgIpc) is 2.76. The second kappa shape index (κ2) is 21.7. The van der Waals surface area contributed by atoms with Crippen LogP contribution >= 0.6 is 0 Å². The van der Waals surface area contributed by atoms with Gasteiger partial charge in [-0.25, -0.2) is 0 Å². The second-order valence-corrected chi connectivity index (χ2v) is 8.51. The first-order valence-corrected chi connectivity index (χ1v) is 12.6. The van der Waals surface area contributed by atoms with E-state index in [1.54, 1.807) is 0 Å². The zero-order valence-electron chi connectivity index (χ0n) is 20.6. The van der Waals surface area contributed by atoms with Crippen molar-refractivity contribution in [3.05, 3.63) is 12.3 Å². The van der Waals surface area contributed by atoms with Gasteiger partial charge in [0.2, 0.25) is 0 Å². The molecule has 0 aromatic heterocycles. The molecular formula is C26H48O5. The molecule has 0 aliphatic carbocycles. The number of ether oxygens (including phenoxy) is 3. The fourth-order valence-corrected chi connectivity index (χ4v) is 3.24. The van der Waals surface area contributed by atoms with E-state index < -0.39 is 0 Å². The molecule has 5 nitrogen and oxygen atoms in total. The molecule has 0 heterocycles. The smallest absolute Gasteiger partial charge is 0.306 e. The summed E-state index contributed by atoms with van der Waals surface area (Å²) in [4.78, 5) is 24.1. The van der Waals surface area contributed by atoms with E-state index >= 15 is 0 Å². The van der Waals surface area contributed by atoms with Gasteiger partial charge in [-0.05, 0) is 19.3 Å². The lowest BCUT2D eigenvalue weighted by molar-refractivity contribution is -0.151. The Labute approximate surface area is 191 Å². The molecular weight excluding hydrogens is 392 g/mol. The van der Waals surface area contributed by atoms with Crippen molar-refractivity contribution in [2.45, 2.75) is 117 Å². The van der Waals surface area contributed by atoms with Crippen molar-refractivity contribution in [1.29, 1.82) is 0 Å². The standard InChI is InChI=1S/C26H48O5/c1-5-8-10-12-14-16-18-25(27)31-22-24(20-26(28)29-19-7-3)21-30-23(4)17-15-13-11-9-6-2/h24H,4-22H2,1-3H3. The SMILES string of the molecule is C=C(CCCCCCC)OCC(COC(=O)CCCCCCCC)CC(=O)OCCC. The van der Waals surface area contributed by atoms with Gasteiger partial charge in [0.1, 0.15) is 0 Å². The van der Waals surface area contributed by atoms with Gasteiger partial charge in [0, 0.05) is 18.8 Å². The number of hydrogen-bond donors (Lipinski definition) is 0. The monoisotopic (exact) mass is 440 g/mol. The Balaban J connectivity index is 4.26. The van der Waals surface area contributed by atoms with Gasteiger partial charge in [0.25, 0.3) is 0 Å². The van der Waals surface area contributed by atoms with Crippen LogP contribution in [0.2, 0.25) is 0 Å². The lowest BCUT2D eigenvalue weighted by Gasteiger charge is -2.18. The number of esters is 2. The number of allylic oxidation sites excluding steroid dienone is 1. The van der Waals surface area contributed by atoms with Crippen molar-refractivity contribution in [2.75, 3.05) is 19.8 Å². The highest BCUT2D eigenvalue weighted by molar-refractivity contribution is 5.70. The predicted molar refractivity (Wildman–Crippen MR) is 127 cm³/mol. The number of carbonyl (C=O) groups excluding carboxylic acids is 2. The third-order valence-electron chi connectivity index (χ3n) is 5.22. The van der Waals surface area contributed by atoms with Gasteiger partial charge in [0.15, 0.2) is 0 Å². The fourth-order valence-electron chi connectivity index (χ4n) is 3.24. The molecule has 0 amide bonds. The molecule has 31 heavy (non-hydrogen) atoms. The van der Waals surface area contributed by atoms with Crippen molar-refractivity contribution < 1.29 is 23.8 Å². The Morgan fingerprint density at radius 2 is 1.19 bits per heavy atom. The second-order valence-electron chi connectivity index (χ2n) is 8.51. The minimum Gasteiger partial charge on any atom is -0.498 e. The Morgan fingerprint density at radius 3 is 1.81 bits per heavy atom. The van der Waals surface area contributed by atoms with Gasteiger partial charge in [-0.2, -0.15) is 0 Å². The van der Waals surface area contributed by atoms with E-state index in [0.29, 0.717) is 19.6 Å². The average molecular weight is 441 g/mol. The maximum Gasteiger partial charge on any atom is 0.306 e. The lowest BCUT2D eigenvalue weighted by Crippen LogP contribution is -2.23. The lowest BCUT2D eigenvalue weighted by atomic mass is 10.1. The quantitative estimate of drug-likeness (QED) is 0.102. The third kappa shape index (κ3) is 20.2. The van der Waals surface area contributed by atoms with E-state index in [1.165, 1.54) is 51.4 Å². The molecule has 0 saturated carbocycles. The van der Waals surface area contributed by atoms with Crippen LogP contribution < -0.4 is 0 Å². The molecule has 0 N–H and O–H groups in total. The first-order chi connectivity index (χ1) is 15.0. The maximum atomic E-state index is 12.1. The minimum atomic E-state index is -0.271. The van der Waals surface area contributed by atoms with Crippen LogP contribution in [0, 0.1) is 5.92 Å². The molecule has 0 aliphatic heterocycles. The largest absolute Gasteiger partial charge is 0.498 e. The van der Waals surface area contributed by atoms with Crippen LogP contribution in [0.5, 0.6) is 0 Å². The Bertz CT molecular complexity index is 461. The zero-order valence-corrected chi connectivity index (χ0v) is 20.6. The van der Waals surface area contributed by atoms with E-state index in [1.807, 2.05) is 6.92 Å². The molecule has 1 unspecified atom stereocenters. The summed E-state index contributed by atoms with van der Waals surface area (Å²) in [5.74, 6) is 0.0568. The van der Waals surface area contributed by atoms with E-state index in [2.05, 4.69) is 20.4 Å². The van der Waals surface area contributed by atoms with Crippen molar-refractivity contribution >= 4 is 11.9 Å². The van der Waals surface area contributed by atoms with Crippen LogP contribution in [0.3, 0.4) is 0 Å². The Hall–Kier alpha value is -1.52. The van der Waals surface area contributed by atoms with Crippen molar-refractivity contribution in [3.8, 4) is 0 Å². The minimum absolute atomic E-state index is 0.180. The normalized spacial score (nSPS) is 11.7. The summed E-state index contributed by atoms with van der Waals surface area (Å²) in [6.07, 6.45) is 15.0. The van der Waals surface area contributed by atoms with Crippen LogP contribution in [-0.4, -0.2) is 31.8 Å². The number of rotatable bonds is 22. The summed E-state index contributed by atoms with van der Waals surface area (Å²) in [5.41, 5.74) is 0. The Morgan fingerprint density at radius 1 is 0.645 bits per heavy atom. The molecule has 0 aromatic carbocycles. The van der Waals surface area contributed by atoms with Crippen LogP contribution in [-0.2, 0) is 23.8 Å². The van der Waals surface area contributed by atoms with Crippen LogP contribution in [0.4, 0.5) is 0 Å². The molecule has 0 aliphatic rings. The van der Waals surface area contributed by atoms with Gasteiger partial charge in [-0.3, -0.25) is 9.59 Å². The van der Waals surface area contributed by atoms with Gasteiger partial charge in [-0.15, -0.1) is 0 Å². The maximum absolute atomic E-state index is 12.1. The van der Waals surface area contributed by atoms with Gasteiger partial charge < -0.3 is 14.2 Å². The summed E-state index contributed by atoms with van der Waals surface area (Å²) in [5, 5.41) is 0. The van der Waals surface area contributed by atoms with E-state index in [-0.39, 0.29) is 30.9 Å². The number of carbonyl (C=O) groups is 2. The topological polar surface area (TPSA) is 61.8 Å². The first-order valence-electron chi connectivity index (χ1n) is 12.6.